The predicted molar refractivity (Wildman–Crippen MR) is 125 cm³/mol. The average Bonchev–Trinajstić information content (AvgIpc) is 2.90. The van der Waals surface area contributed by atoms with Crippen molar-refractivity contribution in [1.82, 2.24) is 9.55 Å². The Morgan fingerprint density at radius 3 is 2.85 bits per heavy atom. The van der Waals surface area contributed by atoms with Gasteiger partial charge in [-0.25, -0.2) is 4.98 Å². The van der Waals surface area contributed by atoms with Crippen molar-refractivity contribution in [2.75, 3.05) is 0 Å². The summed E-state index contributed by atoms with van der Waals surface area (Å²) in [6.45, 7) is 0.275. The molecule has 0 atom stereocenters. The molecule has 0 amide bonds. The Bertz CT molecular complexity index is 1530. The topological polar surface area (TPSA) is 94.2 Å². The standard InChI is InChI=1S/C27H19N3O4/c28-13-19-9-6-10-20(29-19)14-30-15-22(26(31)21-11-4-5-12-23(21)30)27(32)25-17-33-16-24(34-25)18-7-2-1-3-8-18/h1-2,4-7,9-12,15-17H,3,8,14H2. The monoisotopic (exact) mass is 449 g/mol. The Labute approximate surface area is 195 Å². The SMILES string of the molecule is N#Cc1cccc(Cn2cc(C(=O)C3=COC=C(C4=CC=CCC4)O3)c(=O)c3ccccc32)n1. The number of nitrogens with zero attached hydrogens (tertiary/aromatic N) is 3. The molecule has 0 radical (unpaired) electrons. The highest BCUT2D eigenvalue weighted by molar-refractivity contribution is 6.08. The fourth-order valence-electron chi connectivity index (χ4n) is 3.95. The fraction of sp³-hybridized carbons (Fsp3) is 0.111. The summed E-state index contributed by atoms with van der Waals surface area (Å²) in [6, 6.07) is 14.3. The average molecular weight is 449 g/mol. The molecular formula is C27H19N3O4. The number of ether oxygens (including phenoxy) is 2. The van der Waals surface area contributed by atoms with Crippen LogP contribution in [-0.2, 0) is 16.0 Å². The molecule has 0 spiro atoms. The smallest absolute Gasteiger partial charge is 0.236 e. The number of ketones is 1. The van der Waals surface area contributed by atoms with Crippen LogP contribution in [0.2, 0.25) is 0 Å². The van der Waals surface area contributed by atoms with Crippen LogP contribution in [0.4, 0.5) is 0 Å². The summed E-state index contributed by atoms with van der Waals surface area (Å²) in [4.78, 5) is 31.0. The van der Waals surface area contributed by atoms with Gasteiger partial charge in [-0.05, 0) is 42.7 Å². The fourth-order valence-corrected chi connectivity index (χ4v) is 3.95. The maximum atomic E-state index is 13.4. The third-order valence-electron chi connectivity index (χ3n) is 5.61. The highest BCUT2D eigenvalue weighted by Crippen LogP contribution is 2.27. The Hall–Kier alpha value is -4.70. The van der Waals surface area contributed by atoms with Crippen molar-refractivity contribution < 1.29 is 14.3 Å². The van der Waals surface area contributed by atoms with Gasteiger partial charge in [-0.3, -0.25) is 9.59 Å². The van der Waals surface area contributed by atoms with E-state index in [4.69, 9.17) is 14.7 Å². The third kappa shape index (κ3) is 4.05. The van der Waals surface area contributed by atoms with Crippen LogP contribution >= 0.6 is 0 Å². The van der Waals surface area contributed by atoms with Crippen LogP contribution in [0, 0.1) is 11.3 Å². The zero-order valence-corrected chi connectivity index (χ0v) is 18.1. The van der Waals surface area contributed by atoms with Gasteiger partial charge in [-0.1, -0.05) is 36.4 Å². The van der Waals surface area contributed by atoms with Gasteiger partial charge in [0.05, 0.1) is 23.3 Å². The highest BCUT2D eigenvalue weighted by atomic mass is 16.5. The largest absolute Gasteiger partial charge is 0.465 e. The van der Waals surface area contributed by atoms with Crippen LogP contribution in [0.1, 0.15) is 34.6 Å². The number of rotatable bonds is 5. The molecule has 1 aliphatic heterocycles. The normalized spacial score (nSPS) is 14.9. The number of allylic oxidation sites excluding steroid dienone is 5. The second-order valence-electron chi connectivity index (χ2n) is 7.83. The number of para-hydroxylation sites is 1. The number of carbonyl (C=O) groups is 1. The molecule has 0 saturated heterocycles. The van der Waals surface area contributed by atoms with Crippen molar-refractivity contribution in [3.05, 3.63) is 124 Å². The van der Waals surface area contributed by atoms with E-state index in [1.807, 2.05) is 36.4 Å². The second-order valence-corrected chi connectivity index (χ2v) is 7.83. The number of Topliss-reactive ketones (excluding diaryl/α,β-unsaturated/α-hetero) is 1. The van der Waals surface area contributed by atoms with Crippen molar-refractivity contribution in [3.63, 3.8) is 0 Å². The van der Waals surface area contributed by atoms with Gasteiger partial charge in [-0.15, -0.1) is 0 Å². The van der Waals surface area contributed by atoms with Crippen LogP contribution in [-0.4, -0.2) is 15.3 Å². The molecule has 0 fully saturated rings. The predicted octanol–water partition coefficient (Wildman–Crippen LogP) is 4.51. The van der Waals surface area contributed by atoms with Gasteiger partial charge < -0.3 is 14.0 Å². The number of pyridine rings is 2. The minimum absolute atomic E-state index is 0.0382. The van der Waals surface area contributed by atoms with E-state index < -0.39 is 11.2 Å². The van der Waals surface area contributed by atoms with Gasteiger partial charge in [-0.2, -0.15) is 5.26 Å². The highest BCUT2D eigenvalue weighted by Gasteiger charge is 2.25. The van der Waals surface area contributed by atoms with E-state index in [1.54, 1.807) is 34.9 Å². The summed E-state index contributed by atoms with van der Waals surface area (Å²) in [5.41, 5.74) is 2.07. The molecule has 1 aliphatic carbocycles. The van der Waals surface area contributed by atoms with E-state index in [9.17, 15) is 9.59 Å². The number of carbonyl (C=O) groups excluding carboxylic acids is 1. The molecule has 0 N–H and O–H groups in total. The number of nitriles is 1. The van der Waals surface area contributed by atoms with Crippen LogP contribution in [0.3, 0.4) is 0 Å². The summed E-state index contributed by atoms with van der Waals surface area (Å²) in [5.74, 6) is -0.175. The number of hydrogen-bond donors (Lipinski definition) is 0. The molecule has 166 valence electrons. The molecule has 0 saturated carbocycles. The third-order valence-corrected chi connectivity index (χ3v) is 5.61. The zero-order valence-electron chi connectivity index (χ0n) is 18.1. The molecule has 2 aliphatic rings. The minimum atomic E-state index is -0.569. The summed E-state index contributed by atoms with van der Waals surface area (Å²) in [7, 11) is 0. The van der Waals surface area contributed by atoms with Gasteiger partial charge in [0.2, 0.25) is 17.0 Å². The molecule has 0 bridgehead atoms. The molecule has 7 heteroatoms. The Kier molecular flexibility index (Phi) is 5.63. The van der Waals surface area contributed by atoms with Gasteiger partial charge in [0.25, 0.3) is 0 Å². The van der Waals surface area contributed by atoms with E-state index in [2.05, 4.69) is 4.98 Å². The first kappa shape index (κ1) is 21.2. The molecular weight excluding hydrogens is 430 g/mol. The van der Waals surface area contributed by atoms with E-state index in [1.165, 1.54) is 18.7 Å². The second kappa shape index (κ2) is 9.04. The zero-order chi connectivity index (χ0) is 23.5. The summed E-state index contributed by atoms with van der Waals surface area (Å²) in [6.07, 6.45) is 11.7. The van der Waals surface area contributed by atoms with E-state index in [0.717, 1.165) is 18.4 Å². The van der Waals surface area contributed by atoms with Crippen molar-refractivity contribution in [2.24, 2.45) is 0 Å². The Morgan fingerprint density at radius 2 is 2.03 bits per heavy atom. The molecule has 3 heterocycles. The maximum absolute atomic E-state index is 13.4. The lowest BCUT2D eigenvalue weighted by Crippen LogP contribution is -2.22. The van der Waals surface area contributed by atoms with E-state index in [-0.39, 0.29) is 17.9 Å². The van der Waals surface area contributed by atoms with Crippen LogP contribution in [0.15, 0.2) is 101 Å². The lowest BCUT2D eigenvalue weighted by Gasteiger charge is -2.19. The molecule has 0 unspecified atom stereocenters. The first-order valence-corrected chi connectivity index (χ1v) is 10.8. The van der Waals surface area contributed by atoms with E-state index >= 15 is 0 Å². The molecule has 34 heavy (non-hydrogen) atoms. The first-order chi connectivity index (χ1) is 16.6. The molecule has 7 nitrogen and oxygen atoms in total. The molecule has 1 aromatic carbocycles. The van der Waals surface area contributed by atoms with Crippen molar-refractivity contribution in [2.45, 2.75) is 19.4 Å². The van der Waals surface area contributed by atoms with Crippen LogP contribution in [0.25, 0.3) is 10.9 Å². The number of aromatic nitrogens is 2. The number of benzene rings is 1. The summed E-state index contributed by atoms with van der Waals surface area (Å²) in [5, 5.41) is 9.56. The van der Waals surface area contributed by atoms with Gasteiger partial charge >= 0.3 is 0 Å². The van der Waals surface area contributed by atoms with Crippen molar-refractivity contribution in [3.8, 4) is 6.07 Å². The lowest BCUT2D eigenvalue weighted by molar-refractivity contribution is 0.0932. The minimum Gasteiger partial charge on any atom is -0.465 e. The van der Waals surface area contributed by atoms with Gasteiger partial charge in [0.15, 0.2) is 5.76 Å². The quantitative estimate of drug-likeness (QED) is 0.532. The maximum Gasteiger partial charge on any atom is 0.236 e. The summed E-state index contributed by atoms with van der Waals surface area (Å²) < 4.78 is 13.0. The van der Waals surface area contributed by atoms with Crippen LogP contribution < -0.4 is 5.43 Å². The number of hydrogen-bond acceptors (Lipinski definition) is 6. The van der Waals surface area contributed by atoms with Gasteiger partial charge in [0, 0.05) is 11.6 Å². The van der Waals surface area contributed by atoms with E-state index in [0.29, 0.717) is 28.0 Å². The van der Waals surface area contributed by atoms with Crippen molar-refractivity contribution >= 4 is 16.7 Å². The Morgan fingerprint density at radius 1 is 1.15 bits per heavy atom. The molecule has 2 aromatic heterocycles. The first-order valence-electron chi connectivity index (χ1n) is 10.8. The van der Waals surface area contributed by atoms with Gasteiger partial charge in [0.1, 0.15) is 24.3 Å². The summed E-state index contributed by atoms with van der Waals surface area (Å²) >= 11 is 0. The lowest BCUT2D eigenvalue weighted by atomic mass is 10.0. The molecule has 3 aromatic rings. The van der Waals surface area contributed by atoms with Crippen molar-refractivity contribution in [1.29, 1.82) is 5.26 Å². The number of fused-ring (bicyclic) bond motifs is 1. The Balaban J connectivity index is 1.53. The van der Waals surface area contributed by atoms with Crippen LogP contribution in [0.5, 0.6) is 0 Å². The molecule has 5 rings (SSSR count).